The van der Waals surface area contributed by atoms with Crippen LogP contribution in [0.5, 0.6) is 5.75 Å². The molecule has 2 N–H and O–H groups in total. The summed E-state index contributed by atoms with van der Waals surface area (Å²) in [7, 11) is 0. The van der Waals surface area contributed by atoms with Crippen molar-refractivity contribution in [3.05, 3.63) is 27.8 Å². The molecule has 0 saturated carbocycles. The van der Waals surface area contributed by atoms with Gasteiger partial charge < -0.3 is 14.6 Å². The molecule has 64 valence electrons. The lowest BCUT2D eigenvalue weighted by Gasteiger charge is -2.00. The highest BCUT2D eigenvalue weighted by molar-refractivity contribution is 14.1. The highest BCUT2D eigenvalue weighted by Gasteiger charge is 2.04. The van der Waals surface area contributed by atoms with Crippen molar-refractivity contribution in [1.29, 1.82) is 0 Å². The lowest BCUT2D eigenvalue weighted by Crippen LogP contribution is -2.09. The number of aliphatic hydroxyl groups excluding tert-OH is 1. The molecule has 0 bridgehead atoms. The zero-order chi connectivity index (χ0) is 8.97. The molecule has 0 aliphatic rings. The normalized spacial score (nSPS) is 9.42. The molecule has 1 rings (SSSR count). The molecule has 0 heterocycles. The third-order valence-corrected chi connectivity index (χ3v) is 1.84. The summed E-state index contributed by atoms with van der Waals surface area (Å²) in [4.78, 5) is 8.43. The molecule has 0 aromatic heterocycles. The number of hydrogen-bond donors (Lipinski definition) is 1. The topological polar surface area (TPSA) is 50.9 Å². The van der Waals surface area contributed by atoms with Crippen molar-refractivity contribution < 1.29 is 14.6 Å². The van der Waals surface area contributed by atoms with E-state index < -0.39 is 5.97 Å². The van der Waals surface area contributed by atoms with Crippen molar-refractivity contribution in [1.82, 2.24) is 0 Å². The van der Waals surface area contributed by atoms with Crippen LogP contribution in [0.2, 0.25) is 0 Å². The maximum Gasteiger partial charge on any atom is 0.519 e. The monoisotopic (exact) mass is 279 g/mol. The number of carboxylic acid groups (broad SMARTS) is 1. The molecule has 12 heavy (non-hydrogen) atoms. The number of rotatable bonds is 3. The summed E-state index contributed by atoms with van der Waals surface area (Å²) >= 11 is 2.15. The standard InChI is InChI=1S/C8H7IO3/c9-6-2-1-3-7(4-6)12-5-8(10)11/h1-4H,5H2,(H,10,11)/p+1. The van der Waals surface area contributed by atoms with E-state index in [2.05, 4.69) is 22.6 Å². The average Bonchev–Trinajstić information content (AvgIpc) is 2.01. The van der Waals surface area contributed by atoms with E-state index in [9.17, 15) is 0 Å². The van der Waals surface area contributed by atoms with Crippen LogP contribution in [0.15, 0.2) is 24.3 Å². The van der Waals surface area contributed by atoms with Crippen LogP contribution in [0.25, 0.3) is 0 Å². The van der Waals surface area contributed by atoms with Crippen molar-refractivity contribution in [3.63, 3.8) is 0 Å². The molecule has 0 atom stereocenters. The summed E-state index contributed by atoms with van der Waals surface area (Å²) in [5.41, 5.74) is 0. The Labute approximate surface area is 83.5 Å². The summed E-state index contributed by atoms with van der Waals surface area (Å²) in [6.07, 6.45) is 0. The maximum absolute atomic E-state index is 8.43. The van der Waals surface area contributed by atoms with Gasteiger partial charge in [-0.3, -0.25) is 0 Å². The molecule has 4 heteroatoms. The summed E-state index contributed by atoms with van der Waals surface area (Å²) in [6.45, 7) is -0.180. The van der Waals surface area contributed by atoms with Gasteiger partial charge in [0.05, 0.1) is 0 Å². The van der Waals surface area contributed by atoms with Crippen LogP contribution in [0.1, 0.15) is 0 Å². The third-order valence-electron chi connectivity index (χ3n) is 1.16. The van der Waals surface area contributed by atoms with Gasteiger partial charge in [-0.15, -0.1) is 0 Å². The Balaban J connectivity index is 2.57. The van der Waals surface area contributed by atoms with Gasteiger partial charge in [0.15, 0.2) is 0 Å². The van der Waals surface area contributed by atoms with Gasteiger partial charge in [-0.25, -0.2) is 0 Å². The second kappa shape index (κ2) is 4.30. The smallest absolute Gasteiger partial charge is 0.476 e. The van der Waals surface area contributed by atoms with Crippen LogP contribution in [0.4, 0.5) is 0 Å². The molecule has 0 unspecified atom stereocenters. The van der Waals surface area contributed by atoms with E-state index in [4.69, 9.17) is 14.6 Å². The van der Waals surface area contributed by atoms with Gasteiger partial charge in [-0.1, -0.05) is 6.07 Å². The number of carboxylic acids is 1. The fourth-order valence-corrected chi connectivity index (χ4v) is 1.22. The first-order valence-electron chi connectivity index (χ1n) is 3.30. The molecular formula is C8H8IO3+. The van der Waals surface area contributed by atoms with E-state index in [0.717, 1.165) is 3.57 Å². The van der Waals surface area contributed by atoms with Gasteiger partial charge in [0.1, 0.15) is 5.75 Å². The highest BCUT2D eigenvalue weighted by Crippen LogP contribution is 2.14. The zero-order valence-corrected chi connectivity index (χ0v) is 8.35. The van der Waals surface area contributed by atoms with E-state index in [-0.39, 0.29) is 6.61 Å². The largest absolute Gasteiger partial charge is 0.519 e. The summed E-state index contributed by atoms with van der Waals surface area (Å²) in [6, 6.07) is 7.33. The molecule has 3 nitrogen and oxygen atoms in total. The molecule has 0 fully saturated rings. The zero-order valence-electron chi connectivity index (χ0n) is 6.20. The SMILES string of the molecule is OC(=[OH+])COc1cccc(I)c1. The number of halogens is 1. The molecule has 0 amide bonds. The first-order chi connectivity index (χ1) is 5.68. The van der Waals surface area contributed by atoms with Crippen molar-refractivity contribution in [2.75, 3.05) is 6.61 Å². The second-order valence-corrected chi connectivity index (χ2v) is 3.41. The second-order valence-electron chi connectivity index (χ2n) is 2.16. The molecule has 0 radical (unpaired) electrons. The van der Waals surface area contributed by atoms with Gasteiger partial charge in [-0.05, 0) is 40.8 Å². The summed E-state index contributed by atoms with van der Waals surface area (Å²) < 4.78 is 6.05. The molecular weight excluding hydrogens is 271 g/mol. The average molecular weight is 279 g/mol. The van der Waals surface area contributed by atoms with E-state index in [0.29, 0.717) is 5.75 Å². The number of ether oxygens (including phenoxy) is 1. The minimum Gasteiger partial charge on any atom is -0.476 e. The predicted molar refractivity (Wildman–Crippen MR) is 54.2 cm³/mol. The fraction of sp³-hybridized carbons (Fsp3) is 0.125. The number of aliphatic carboxylic acids is 1. The summed E-state index contributed by atoms with van der Waals surface area (Å²) in [5.74, 6) is -0.0867. The first kappa shape index (κ1) is 9.31. The molecule has 0 spiro atoms. The van der Waals surface area contributed by atoms with Crippen LogP contribution < -0.4 is 4.74 Å². The van der Waals surface area contributed by atoms with E-state index in [1.165, 1.54) is 0 Å². The molecule has 1 aromatic carbocycles. The van der Waals surface area contributed by atoms with Gasteiger partial charge in [0, 0.05) is 3.57 Å². The highest BCUT2D eigenvalue weighted by atomic mass is 127. The van der Waals surface area contributed by atoms with Crippen molar-refractivity contribution in [2.45, 2.75) is 0 Å². The van der Waals surface area contributed by atoms with Gasteiger partial charge in [-0.2, -0.15) is 0 Å². The number of hydrogen-bond acceptors (Lipinski definition) is 1. The Morgan fingerprint density at radius 2 is 2.33 bits per heavy atom. The Bertz CT molecular complexity index is 285. The molecule has 1 aromatic rings. The maximum atomic E-state index is 8.43. The van der Waals surface area contributed by atoms with Gasteiger partial charge in [0.25, 0.3) is 0 Å². The molecule has 0 saturated heterocycles. The van der Waals surface area contributed by atoms with Crippen LogP contribution in [0, 0.1) is 3.57 Å². The lowest BCUT2D eigenvalue weighted by atomic mass is 10.3. The Hall–Kier alpha value is -0.780. The van der Waals surface area contributed by atoms with E-state index in [1.54, 1.807) is 6.07 Å². The van der Waals surface area contributed by atoms with E-state index >= 15 is 0 Å². The van der Waals surface area contributed by atoms with Crippen molar-refractivity contribution >= 4 is 28.6 Å². The Morgan fingerprint density at radius 3 is 2.92 bits per heavy atom. The van der Waals surface area contributed by atoms with Crippen molar-refractivity contribution in [2.24, 2.45) is 0 Å². The molecule has 0 aliphatic carbocycles. The van der Waals surface area contributed by atoms with Crippen LogP contribution >= 0.6 is 22.6 Å². The Morgan fingerprint density at radius 1 is 1.58 bits per heavy atom. The Kier molecular flexibility index (Phi) is 3.33. The minimum absolute atomic E-state index is 0.180. The quantitative estimate of drug-likeness (QED) is 0.676. The minimum atomic E-state index is -0.714. The first-order valence-corrected chi connectivity index (χ1v) is 4.38. The fourth-order valence-electron chi connectivity index (χ4n) is 0.705. The third kappa shape index (κ3) is 3.08. The summed E-state index contributed by atoms with van der Waals surface area (Å²) in [5, 5.41) is 8.43. The molecule has 0 aliphatic heterocycles. The van der Waals surface area contributed by atoms with Crippen LogP contribution in [-0.2, 0) is 0 Å². The predicted octanol–water partition coefficient (Wildman–Crippen LogP) is 1.73. The number of benzene rings is 1. The van der Waals surface area contributed by atoms with Gasteiger partial charge in [0.2, 0.25) is 6.61 Å². The van der Waals surface area contributed by atoms with Crippen molar-refractivity contribution in [3.8, 4) is 5.75 Å². The van der Waals surface area contributed by atoms with E-state index in [1.807, 2.05) is 18.2 Å². The van der Waals surface area contributed by atoms with Crippen LogP contribution in [0.3, 0.4) is 0 Å². The lowest BCUT2D eigenvalue weighted by molar-refractivity contribution is 0.317. The van der Waals surface area contributed by atoms with Crippen LogP contribution in [-0.4, -0.2) is 22.5 Å². The van der Waals surface area contributed by atoms with Gasteiger partial charge >= 0.3 is 5.97 Å².